The molecule has 14 nitrogen and oxygen atoms in total. The number of hydrogen-bond donors (Lipinski definition) is 9. The van der Waals surface area contributed by atoms with Crippen molar-refractivity contribution in [1.29, 1.82) is 0 Å². The zero-order valence-electron chi connectivity index (χ0n) is 39.3. The van der Waals surface area contributed by atoms with Gasteiger partial charge in [0.05, 0.1) is 32.0 Å². The van der Waals surface area contributed by atoms with E-state index >= 15 is 0 Å². The molecular weight excluding hydrogens is 811 g/mol. The van der Waals surface area contributed by atoms with Gasteiger partial charge >= 0.3 is 0 Å². The Balaban J connectivity index is 1.83. The fourth-order valence-corrected chi connectivity index (χ4v) is 8.53. The van der Waals surface area contributed by atoms with Crippen molar-refractivity contribution in [3.05, 3.63) is 12.2 Å². The molecule has 12 atom stereocenters. The molecule has 1 amide bonds. The maximum atomic E-state index is 13.1. The lowest BCUT2D eigenvalue weighted by atomic mass is 9.97. The maximum Gasteiger partial charge on any atom is 0.220 e. The van der Waals surface area contributed by atoms with Crippen molar-refractivity contribution >= 4 is 5.91 Å². The Labute approximate surface area is 380 Å². The first kappa shape index (κ1) is 57.9. The average molecular weight is 904 g/mol. The quantitative estimate of drug-likeness (QED) is 0.0241. The van der Waals surface area contributed by atoms with Crippen LogP contribution in [0.1, 0.15) is 200 Å². The van der Waals surface area contributed by atoms with Gasteiger partial charge in [0, 0.05) is 6.42 Å². The SMILES string of the molecule is CCCCCCCCCCCCCCCCCCC/C=C/C(O)C(COC1OC(CO)C(OC2OC(CO)C(O)C(O)C2O)C(O)C1O)NC(=O)CCCCCCCCCCCC. The molecule has 14 heteroatoms. The predicted octanol–water partition coefficient (Wildman–Crippen LogP) is 6.38. The largest absolute Gasteiger partial charge is 0.394 e. The number of hydrogen-bond acceptors (Lipinski definition) is 13. The number of carbonyl (C=O) groups is 1. The first-order chi connectivity index (χ1) is 30.6. The number of rotatable bonds is 39. The Bertz CT molecular complexity index is 1120. The van der Waals surface area contributed by atoms with Crippen LogP contribution in [0.3, 0.4) is 0 Å². The molecule has 2 aliphatic heterocycles. The Morgan fingerprint density at radius 1 is 0.556 bits per heavy atom. The van der Waals surface area contributed by atoms with E-state index in [2.05, 4.69) is 19.2 Å². The number of ether oxygens (including phenoxy) is 4. The van der Waals surface area contributed by atoms with Crippen molar-refractivity contribution in [2.24, 2.45) is 0 Å². The van der Waals surface area contributed by atoms with E-state index in [1.165, 1.54) is 135 Å². The van der Waals surface area contributed by atoms with Gasteiger partial charge in [0.2, 0.25) is 5.91 Å². The van der Waals surface area contributed by atoms with Crippen LogP contribution in [0.15, 0.2) is 12.2 Å². The highest BCUT2D eigenvalue weighted by Gasteiger charge is 2.51. The molecule has 2 heterocycles. The highest BCUT2D eigenvalue weighted by atomic mass is 16.7. The molecule has 2 rings (SSSR count). The number of nitrogens with one attached hydrogen (secondary N) is 1. The summed E-state index contributed by atoms with van der Waals surface area (Å²) in [7, 11) is 0. The summed E-state index contributed by atoms with van der Waals surface area (Å²) in [5, 5.41) is 86.6. The lowest BCUT2D eigenvalue weighted by Gasteiger charge is -2.46. The summed E-state index contributed by atoms with van der Waals surface area (Å²) in [5.41, 5.74) is 0. The number of carbonyl (C=O) groups excluding carboxylic acids is 1. The average Bonchev–Trinajstić information content (AvgIpc) is 3.28. The molecule has 372 valence electrons. The summed E-state index contributed by atoms with van der Waals surface area (Å²) in [6, 6.07) is -0.906. The molecule has 0 bridgehead atoms. The smallest absolute Gasteiger partial charge is 0.220 e. The van der Waals surface area contributed by atoms with E-state index in [-0.39, 0.29) is 18.9 Å². The van der Waals surface area contributed by atoms with E-state index in [0.29, 0.717) is 6.42 Å². The standard InChI is InChI=1S/C49H93NO13/c1-3-5-7-9-11-13-15-16-17-18-19-20-21-22-23-24-26-28-30-32-38(53)37(50-41(54)33-31-29-27-25-14-12-10-8-6-4-2)36-60-48-46(59)44(57)47(40(35-52)62-48)63-49-45(58)43(56)42(55)39(34-51)61-49/h30,32,37-40,42-49,51-53,55-59H,3-29,31,33-36H2,1-2H3,(H,50,54)/b32-30+. The second-order valence-corrected chi connectivity index (χ2v) is 18.3. The maximum absolute atomic E-state index is 13.1. The topological polar surface area (TPSA) is 228 Å². The van der Waals surface area contributed by atoms with Crippen molar-refractivity contribution in [1.82, 2.24) is 5.32 Å². The highest BCUT2D eigenvalue weighted by molar-refractivity contribution is 5.76. The second kappa shape index (κ2) is 36.8. The van der Waals surface area contributed by atoms with Gasteiger partial charge in [-0.15, -0.1) is 0 Å². The monoisotopic (exact) mass is 904 g/mol. The summed E-state index contributed by atoms with van der Waals surface area (Å²) in [6.45, 7) is 2.77. The van der Waals surface area contributed by atoms with E-state index < -0.39 is 86.8 Å². The number of aliphatic hydroxyl groups excluding tert-OH is 8. The van der Waals surface area contributed by atoms with Crippen molar-refractivity contribution in [2.75, 3.05) is 19.8 Å². The third kappa shape index (κ3) is 24.4. The fourth-order valence-electron chi connectivity index (χ4n) is 8.53. The molecule has 12 unspecified atom stereocenters. The first-order valence-electron chi connectivity index (χ1n) is 25.4. The van der Waals surface area contributed by atoms with Crippen molar-refractivity contribution in [3.8, 4) is 0 Å². The number of aliphatic hydroxyl groups is 8. The molecule has 0 aromatic rings. The minimum atomic E-state index is -1.78. The van der Waals surface area contributed by atoms with Crippen LogP contribution in [0, 0.1) is 0 Å². The summed E-state index contributed by atoms with van der Waals surface area (Å²) in [6.07, 6.45) is 21.2. The Kier molecular flexibility index (Phi) is 33.8. The van der Waals surface area contributed by atoms with Crippen LogP contribution >= 0.6 is 0 Å². The number of amides is 1. The van der Waals surface area contributed by atoms with Crippen LogP contribution in [0.25, 0.3) is 0 Å². The lowest BCUT2D eigenvalue weighted by molar-refractivity contribution is -0.359. The van der Waals surface area contributed by atoms with Gasteiger partial charge in [-0.3, -0.25) is 4.79 Å². The van der Waals surface area contributed by atoms with Gasteiger partial charge in [0.15, 0.2) is 12.6 Å². The second-order valence-electron chi connectivity index (χ2n) is 18.3. The van der Waals surface area contributed by atoms with E-state index in [1.807, 2.05) is 6.08 Å². The summed E-state index contributed by atoms with van der Waals surface area (Å²) in [4.78, 5) is 13.1. The highest BCUT2D eigenvalue weighted by Crippen LogP contribution is 2.30. The zero-order chi connectivity index (χ0) is 46.1. The van der Waals surface area contributed by atoms with Crippen molar-refractivity contribution in [3.63, 3.8) is 0 Å². The molecule has 2 aliphatic rings. The molecule has 63 heavy (non-hydrogen) atoms. The Morgan fingerprint density at radius 2 is 0.984 bits per heavy atom. The van der Waals surface area contributed by atoms with Gasteiger partial charge in [0.1, 0.15) is 48.8 Å². The van der Waals surface area contributed by atoms with Gasteiger partial charge in [0.25, 0.3) is 0 Å². The Morgan fingerprint density at radius 3 is 1.46 bits per heavy atom. The lowest BCUT2D eigenvalue weighted by Crippen LogP contribution is -2.65. The molecular formula is C49H93NO13. The molecule has 0 saturated carbocycles. The van der Waals surface area contributed by atoms with Crippen molar-refractivity contribution < 1.29 is 64.6 Å². The molecule has 0 aromatic carbocycles. The third-order valence-corrected chi connectivity index (χ3v) is 12.7. The van der Waals surface area contributed by atoms with Crippen LogP contribution < -0.4 is 5.32 Å². The van der Waals surface area contributed by atoms with Crippen molar-refractivity contribution in [2.45, 2.75) is 274 Å². The van der Waals surface area contributed by atoms with Gasteiger partial charge in [-0.1, -0.05) is 187 Å². The normalized spacial score (nSPS) is 27.5. The van der Waals surface area contributed by atoms with Gasteiger partial charge in [-0.2, -0.15) is 0 Å². The Hall–Kier alpha value is -1.27. The van der Waals surface area contributed by atoms with E-state index in [9.17, 15) is 45.6 Å². The summed E-state index contributed by atoms with van der Waals surface area (Å²) in [5.74, 6) is -0.241. The van der Waals surface area contributed by atoms with Crippen LogP contribution in [0.4, 0.5) is 0 Å². The van der Waals surface area contributed by atoms with Gasteiger partial charge in [-0.05, 0) is 19.3 Å². The molecule has 0 radical (unpaired) electrons. The first-order valence-corrected chi connectivity index (χ1v) is 25.4. The minimum Gasteiger partial charge on any atom is -0.394 e. The molecule has 0 aromatic heterocycles. The molecule has 9 N–H and O–H groups in total. The molecule has 0 aliphatic carbocycles. The summed E-state index contributed by atoms with van der Waals surface area (Å²) >= 11 is 0. The van der Waals surface area contributed by atoms with Gasteiger partial charge < -0.3 is 65.1 Å². The van der Waals surface area contributed by atoms with Crippen LogP contribution in [0.2, 0.25) is 0 Å². The van der Waals surface area contributed by atoms with Crippen LogP contribution in [-0.4, -0.2) is 140 Å². The zero-order valence-corrected chi connectivity index (χ0v) is 39.3. The fraction of sp³-hybridized carbons (Fsp3) is 0.939. The number of unbranched alkanes of at least 4 members (excludes halogenated alkanes) is 26. The number of allylic oxidation sites excluding steroid dienone is 1. The van der Waals surface area contributed by atoms with E-state index in [0.717, 1.165) is 38.5 Å². The van der Waals surface area contributed by atoms with Crippen LogP contribution in [0.5, 0.6) is 0 Å². The summed E-state index contributed by atoms with van der Waals surface area (Å²) < 4.78 is 22.7. The predicted molar refractivity (Wildman–Crippen MR) is 245 cm³/mol. The minimum absolute atomic E-state index is 0.241. The molecule has 2 fully saturated rings. The molecule has 0 spiro atoms. The van der Waals surface area contributed by atoms with E-state index in [1.54, 1.807) is 6.08 Å². The van der Waals surface area contributed by atoms with E-state index in [4.69, 9.17) is 18.9 Å². The van der Waals surface area contributed by atoms with Crippen LogP contribution in [-0.2, 0) is 23.7 Å². The third-order valence-electron chi connectivity index (χ3n) is 12.7. The van der Waals surface area contributed by atoms with Gasteiger partial charge in [-0.25, -0.2) is 0 Å². The molecule has 2 saturated heterocycles.